The largest absolute Gasteiger partial charge is 0.468 e. The Balaban J connectivity index is 2.45. The number of aryl methyl sites for hydroxylation is 1. The van der Waals surface area contributed by atoms with Crippen LogP contribution in [0.2, 0.25) is 0 Å². The molecule has 0 aliphatic carbocycles. The molecular formula is C11H18N2O2S2. The van der Waals surface area contributed by atoms with Crippen LogP contribution in [0, 0.1) is 6.92 Å². The number of aromatic nitrogens is 1. The molecule has 1 N–H and O–H groups in total. The maximum absolute atomic E-state index is 11.5. The number of nitrogens with one attached hydrogen (secondary N) is 1. The van der Waals surface area contributed by atoms with Gasteiger partial charge in [-0.25, -0.2) is 4.98 Å². The average Bonchev–Trinajstić information content (AvgIpc) is 2.74. The highest BCUT2D eigenvalue weighted by atomic mass is 32.2. The Morgan fingerprint density at radius 3 is 3.00 bits per heavy atom. The second kappa shape index (κ2) is 7.68. The Hall–Kier alpha value is -0.590. The van der Waals surface area contributed by atoms with Crippen LogP contribution < -0.4 is 5.32 Å². The standard InChI is InChI=1S/C11H18N2O2S2/c1-4-5-12-9(10(14)15-3)7-17-11-13-8(2)6-16-11/h6,9,12H,4-5,7H2,1-3H3. The number of esters is 1. The lowest BCUT2D eigenvalue weighted by molar-refractivity contribution is -0.142. The van der Waals surface area contributed by atoms with E-state index in [4.69, 9.17) is 4.74 Å². The highest BCUT2D eigenvalue weighted by molar-refractivity contribution is 8.01. The van der Waals surface area contributed by atoms with Crippen LogP contribution in [-0.2, 0) is 9.53 Å². The van der Waals surface area contributed by atoms with E-state index in [2.05, 4.69) is 17.2 Å². The lowest BCUT2D eigenvalue weighted by atomic mass is 10.3. The van der Waals surface area contributed by atoms with Gasteiger partial charge in [-0.15, -0.1) is 11.3 Å². The van der Waals surface area contributed by atoms with Crippen molar-refractivity contribution in [1.82, 2.24) is 10.3 Å². The zero-order chi connectivity index (χ0) is 12.7. The van der Waals surface area contributed by atoms with Crippen LogP contribution in [0.25, 0.3) is 0 Å². The van der Waals surface area contributed by atoms with Gasteiger partial charge in [0.2, 0.25) is 0 Å². The third-order valence-corrected chi connectivity index (χ3v) is 4.33. The van der Waals surface area contributed by atoms with Gasteiger partial charge in [0.25, 0.3) is 0 Å². The SMILES string of the molecule is CCCNC(CSc1nc(C)cs1)C(=O)OC. The summed E-state index contributed by atoms with van der Waals surface area (Å²) in [6, 6.07) is -0.255. The summed E-state index contributed by atoms with van der Waals surface area (Å²) < 4.78 is 5.77. The molecule has 1 heterocycles. The normalized spacial score (nSPS) is 12.4. The molecular weight excluding hydrogens is 256 g/mol. The lowest BCUT2D eigenvalue weighted by Crippen LogP contribution is -2.40. The molecule has 4 nitrogen and oxygen atoms in total. The smallest absolute Gasteiger partial charge is 0.323 e. The zero-order valence-corrected chi connectivity index (χ0v) is 12.0. The molecule has 1 rings (SSSR count). The summed E-state index contributed by atoms with van der Waals surface area (Å²) in [4.78, 5) is 15.9. The van der Waals surface area contributed by atoms with E-state index >= 15 is 0 Å². The number of hydrogen-bond donors (Lipinski definition) is 1. The van der Waals surface area contributed by atoms with Crippen molar-refractivity contribution in [3.63, 3.8) is 0 Å². The van der Waals surface area contributed by atoms with Crippen LogP contribution in [0.1, 0.15) is 19.0 Å². The monoisotopic (exact) mass is 274 g/mol. The fourth-order valence-electron chi connectivity index (χ4n) is 1.22. The van der Waals surface area contributed by atoms with E-state index in [0.717, 1.165) is 23.0 Å². The lowest BCUT2D eigenvalue weighted by Gasteiger charge is -2.14. The van der Waals surface area contributed by atoms with Crippen molar-refractivity contribution in [3.05, 3.63) is 11.1 Å². The quantitative estimate of drug-likeness (QED) is 0.609. The van der Waals surface area contributed by atoms with Crippen molar-refractivity contribution in [2.45, 2.75) is 30.6 Å². The molecule has 0 fully saturated rings. The van der Waals surface area contributed by atoms with Crippen molar-refractivity contribution in [2.75, 3.05) is 19.4 Å². The fraction of sp³-hybridized carbons (Fsp3) is 0.636. The van der Waals surface area contributed by atoms with Crippen molar-refractivity contribution in [2.24, 2.45) is 0 Å². The number of ether oxygens (including phenoxy) is 1. The molecule has 1 aromatic heterocycles. The van der Waals surface area contributed by atoms with Crippen LogP contribution >= 0.6 is 23.1 Å². The predicted molar refractivity (Wildman–Crippen MR) is 71.7 cm³/mol. The number of thioether (sulfide) groups is 1. The summed E-state index contributed by atoms with van der Waals surface area (Å²) in [5.74, 6) is 0.443. The fourth-order valence-corrected chi connectivity index (χ4v) is 3.14. The van der Waals surface area contributed by atoms with E-state index in [9.17, 15) is 4.79 Å². The van der Waals surface area contributed by atoms with Gasteiger partial charge in [0.15, 0.2) is 0 Å². The first-order valence-corrected chi connectivity index (χ1v) is 7.40. The second-order valence-electron chi connectivity index (χ2n) is 3.60. The maximum Gasteiger partial charge on any atom is 0.323 e. The van der Waals surface area contributed by atoms with Crippen molar-refractivity contribution in [1.29, 1.82) is 0 Å². The first-order valence-electron chi connectivity index (χ1n) is 5.53. The summed E-state index contributed by atoms with van der Waals surface area (Å²) >= 11 is 3.19. The Morgan fingerprint density at radius 1 is 1.71 bits per heavy atom. The highest BCUT2D eigenvalue weighted by Gasteiger charge is 2.18. The van der Waals surface area contributed by atoms with Gasteiger partial charge in [0.1, 0.15) is 10.4 Å². The Kier molecular flexibility index (Phi) is 6.54. The van der Waals surface area contributed by atoms with E-state index in [1.807, 2.05) is 12.3 Å². The summed E-state index contributed by atoms with van der Waals surface area (Å²) in [6.45, 7) is 4.85. The number of hydrogen-bond acceptors (Lipinski definition) is 6. The molecule has 6 heteroatoms. The number of carbonyl (C=O) groups excluding carboxylic acids is 1. The predicted octanol–water partition coefficient (Wildman–Crippen LogP) is 2.08. The average molecular weight is 274 g/mol. The molecule has 1 aromatic rings. The molecule has 96 valence electrons. The Morgan fingerprint density at radius 2 is 2.47 bits per heavy atom. The van der Waals surface area contributed by atoms with Gasteiger partial charge in [-0.1, -0.05) is 18.7 Å². The number of methoxy groups -OCH3 is 1. The van der Waals surface area contributed by atoms with E-state index in [0.29, 0.717) is 5.75 Å². The summed E-state index contributed by atoms with van der Waals surface area (Å²) in [5.41, 5.74) is 1.02. The number of nitrogens with zero attached hydrogens (tertiary/aromatic N) is 1. The van der Waals surface area contributed by atoms with Crippen molar-refractivity contribution >= 4 is 29.1 Å². The number of rotatable bonds is 7. The molecule has 0 amide bonds. The van der Waals surface area contributed by atoms with E-state index in [1.165, 1.54) is 7.11 Å². The molecule has 0 saturated carbocycles. The molecule has 0 spiro atoms. The molecule has 0 aliphatic rings. The van der Waals surface area contributed by atoms with Crippen molar-refractivity contribution in [3.8, 4) is 0 Å². The zero-order valence-electron chi connectivity index (χ0n) is 10.4. The topological polar surface area (TPSA) is 51.2 Å². The van der Waals surface area contributed by atoms with E-state index in [1.54, 1.807) is 23.1 Å². The summed E-state index contributed by atoms with van der Waals surface area (Å²) in [6.07, 6.45) is 0.995. The van der Waals surface area contributed by atoms with Gasteiger partial charge >= 0.3 is 5.97 Å². The van der Waals surface area contributed by atoms with Crippen molar-refractivity contribution < 1.29 is 9.53 Å². The van der Waals surface area contributed by atoms with Gasteiger partial charge < -0.3 is 10.1 Å². The van der Waals surface area contributed by atoms with Gasteiger partial charge in [0, 0.05) is 16.8 Å². The second-order valence-corrected chi connectivity index (χ2v) is 5.72. The Bertz CT molecular complexity index is 355. The van der Waals surface area contributed by atoms with Gasteiger partial charge in [-0.05, 0) is 19.9 Å². The molecule has 0 aliphatic heterocycles. The molecule has 1 unspecified atom stereocenters. The molecule has 0 aromatic carbocycles. The third-order valence-electron chi connectivity index (χ3n) is 2.10. The molecule has 0 radical (unpaired) electrons. The molecule has 0 bridgehead atoms. The number of thiazole rings is 1. The minimum absolute atomic E-state index is 0.209. The van der Waals surface area contributed by atoms with Crippen LogP contribution in [0.5, 0.6) is 0 Å². The van der Waals surface area contributed by atoms with Crippen LogP contribution in [0.4, 0.5) is 0 Å². The molecule has 1 atom stereocenters. The first-order chi connectivity index (χ1) is 8.17. The van der Waals surface area contributed by atoms with Crippen LogP contribution in [0.3, 0.4) is 0 Å². The van der Waals surface area contributed by atoms with E-state index in [-0.39, 0.29) is 12.0 Å². The minimum atomic E-state index is -0.255. The maximum atomic E-state index is 11.5. The van der Waals surface area contributed by atoms with E-state index < -0.39 is 0 Å². The van der Waals surface area contributed by atoms with Gasteiger partial charge in [0.05, 0.1) is 7.11 Å². The minimum Gasteiger partial charge on any atom is -0.468 e. The van der Waals surface area contributed by atoms with Gasteiger partial charge in [-0.2, -0.15) is 0 Å². The van der Waals surface area contributed by atoms with Crippen LogP contribution in [-0.4, -0.2) is 36.4 Å². The third kappa shape index (κ3) is 5.06. The number of carbonyl (C=O) groups is 1. The van der Waals surface area contributed by atoms with Crippen LogP contribution in [0.15, 0.2) is 9.72 Å². The molecule has 17 heavy (non-hydrogen) atoms. The Labute approximate surface area is 110 Å². The van der Waals surface area contributed by atoms with Gasteiger partial charge in [-0.3, -0.25) is 4.79 Å². The highest BCUT2D eigenvalue weighted by Crippen LogP contribution is 2.23. The first kappa shape index (κ1) is 14.5. The summed E-state index contributed by atoms with van der Waals surface area (Å²) in [7, 11) is 1.42. The summed E-state index contributed by atoms with van der Waals surface area (Å²) in [5, 5.41) is 5.19. The molecule has 0 saturated heterocycles.